The van der Waals surface area contributed by atoms with Crippen LogP contribution in [0.2, 0.25) is 0 Å². The summed E-state index contributed by atoms with van der Waals surface area (Å²) in [6.07, 6.45) is -2.39. The highest BCUT2D eigenvalue weighted by molar-refractivity contribution is 5.98. The molecule has 242 valence electrons. The third-order valence-electron chi connectivity index (χ3n) is 8.72. The molecule has 0 unspecified atom stereocenters. The maximum Gasteiger partial charge on any atom is 0.416 e. The summed E-state index contributed by atoms with van der Waals surface area (Å²) >= 11 is 0. The molecule has 4 aromatic rings. The molecule has 4 heterocycles. The van der Waals surface area contributed by atoms with Crippen molar-refractivity contribution in [2.75, 3.05) is 53.9 Å². The average molecular weight is 635 g/mol. The van der Waals surface area contributed by atoms with Crippen LogP contribution in [-0.2, 0) is 36.9 Å². The first-order chi connectivity index (χ1) is 21.9. The molecule has 0 radical (unpaired) electrons. The lowest BCUT2D eigenvalue weighted by Gasteiger charge is -2.33. The Morgan fingerprint density at radius 3 is 2.50 bits per heavy atom. The number of rotatable bonds is 7. The zero-order valence-corrected chi connectivity index (χ0v) is 26.2. The maximum absolute atomic E-state index is 14.1. The van der Waals surface area contributed by atoms with Gasteiger partial charge in [-0.05, 0) is 66.1 Å². The maximum atomic E-state index is 14.1. The minimum atomic E-state index is -4.51. The second-order valence-electron chi connectivity index (χ2n) is 12.3. The summed E-state index contributed by atoms with van der Waals surface area (Å²) in [5, 5.41) is 0.662. The van der Waals surface area contributed by atoms with Gasteiger partial charge in [0.2, 0.25) is 5.91 Å². The third-order valence-corrected chi connectivity index (χ3v) is 8.72. The normalized spacial score (nSPS) is 16.0. The van der Waals surface area contributed by atoms with E-state index < -0.39 is 11.7 Å². The Morgan fingerprint density at radius 2 is 1.76 bits per heavy atom. The molecule has 0 atom stereocenters. The van der Waals surface area contributed by atoms with Crippen molar-refractivity contribution < 1.29 is 27.5 Å². The van der Waals surface area contributed by atoms with Crippen molar-refractivity contribution in [3.63, 3.8) is 0 Å². The molecule has 0 spiro atoms. The smallest absolute Gasteiger partial charge is 0.416 e. The Hall–Kier alpha value is -4.42. The molecule has 1 N–H and O–H groups in total. The topological polar surface area (TPSA) is 85.0 Å². The van der Waals surface area contributed by atoms with Crippen molar-refractivity contribution in [1.82, 2.24) is 29.6 Å². The Bertz CT molecular complexity index is 1760. The van der Waals surface area contributed by atoms with Crippen molar-refractivity contribution >= 4 is 22.8 Å². The Balaban J connectivity index is 1.15. The number of nitrogens with one attached hydrogen (secondary N) is 1. The van der Waals surface area contributed by atoms with Crippen LogP contribution in [0.15, 0.2) is 54.7 Å². The summed E-state index contributed by atoms with van der Waals surface area (Å²) in [6, 6.07) is 13.5. The summed E-state index contributed by atoms with van der Waals surface area (Å²) in [5.41, 5.74) is 2.84. The molecular weight excluding hydrogens is 597 g/mol. The molecule has 2 aliphatic heterocycles. The predicted octanol–water partition coefficient (Wildman–Crippen LogP) is 4.95. The SMILES string of the molecule is CN1CCN(Cc2ccc(CC(=O)N3CCc4ccc(Oc5ccnc6[nH]c(C(=O)N(C)C)cc56)cc4C3)cc2C(F)(F)F)CC1. The number of piperazine rings is 1. The van der Waals surface area contributed by atoms with Gasteiger partial charge in [0.05, 0.1) is 17.4 Å². The van der Waals surface area contributed by atoms with Gasteiger partial charge in [-0.15, -0.1) is 0 Å². The first kappa shape index (κ1) is 31.6. The number of carbonyl (C=O) groups excluding carboxylic acids is 2. The van der Waals surface area contributed by atoms with E-state index in [0.29, 0.717) is 53.3 Å². The number of pyridine rings is 1. The van der Waals surface area contributed by atoms with Crippen LogP contribution in [0.1, 0.15) is 38.3 Å². The molecule has 6 rings (SSSR count). The van der Waals surface area contributed by atoms with Gasteiger partial charge in [-0.1, -0.05) is 18.2 Å². The molecule has 0 saturated carbocycles. The third kappa shape index (κ3) is 6.87. The number of amides is 2. The first-order valence-electron chi connectivity index (χ1n) is 15.3. The summed E-state index contributed by atoms with van der Waals surface area (Å²) in [7, 11) is 5.35. The van der Waals surface area contributed by atoms with Crippen LogP contribution >= 0.6 is 0 Å². The van der Waals surface area contributed by atoms with E-state index in [1.807, 2.05) is 30.1 Å². The predicted molar refractivity (Wildman–Crippen MR) is 168 cm³/mol. The van der Waals surface area contributed by atoms with E-state index in [2.05, 4.69) is 14.9 Å². The fourth-order valence-electron chi connectivity index (χ4n) is 6.05. The number of halogens is 3. The van der Waals surface area contributed by atoms with Crippen LogP contribution in [0.25, 0.3) is 11.0 Å². The van der Waals surface area contributed by atoms with E-state index >= 15 is 0 Å². The zero-order chi connectivity index (χ0) is 32.6. The van der Waals surface area contributed by atoms with Gasteiger partial charge in [-0.3, -0.25) is 14.5 Å². The van der Waals surface area contributed by atoms with Crippen molar-refractivity contribution in [3.8, 4) is 11.5 Å². The van der Waals surface area contributed by atoms with E-state index in [4.69, 9.17) is 4.74 Å². The number of aromatic nitrogens is 2. The molecule has 1 saturated heterocycles. The van der Waals surface area contributed by atoms with E-state index in [1.54, 1.807) is 43.4 Å². The Kier molecular flexibility index (Phi) is 8.75. The lowest BCUT2D eigenvalue weighted by Crippen LogP contribution is -2.44. The Morgan fingerprint density at radius 1 is 0.978 bits per heavy atom. The van der Waals surface area contributed by atoms with Crippen molar-refractivity contribution in [2.24, 2.45) is 0 Å². The Labute approximate surface area is 265 Å². The van der Waals surface area contributed by atoms with E-state index in [1.165, 1.54) is 11.0 Å². The second-order valence-corrected chi connectivity index (χ2v) is 12.3. The molecule has 2 aromatic heterocycles. The van der Waals surface area contributed by atoms with E-state index in [9.17, 15) is 22.8 Å². The van der Waals surface area contributed by atoms with Crippen LogP contribution in [0.5, 0.6) is 11.5 Å². The van der Waals surface area contributed by atoms with Crippen LogP contribution in [0.4, 0.5) is 13.2 Å². The summed E-state index contributed by atoms with van der Waals surface area (Å²) in [6.45, 7) is 4.12. The molecule has 9 nitrogen and oxygen atoms in total. The fraction of sp³-hybridized carbons (Fsp3) is 0.382. The number of fused-ring (bicyclic) bond motifs is 2. The van der Waals surface area contributed by atoms with Gasteiger partial charge in [0.25, 0.3) is 5.91 Å². The number of hydrogen-bond donors (Lipinski definition) is 1. The van der Waals surface area contributed by atoms with Gasteiger partial charge in [-0.2, -0.15) is 13.2 Å². The minimum Gasteiger partial charge on any atom is -0.457 e. The molecule has 2 aromatic carbocycles. The van der Waals surface area contributed by atoms with E-state index in [-0.39, 0.29) is 30.3 Å². The minimum absolute atomic E-state index is 0.111. The molecule has 2 aliphatic rings. The molecular formula is C34H37F3N6O3. The van der Waals surface area contributed by atoms with Crippen molar-refractivity contribution in [2.45, 2.75) is 32.1 Å². The lowest BCUT2D eigenvalue weighted by molar-refractivity contribution is -0.138. The molecule has 46 heavy (non-hydrogen) atoms. The molecule has 2 amide bonds. The number of ether oxygens (including phenoxy) is 1. The highest BCUT2D eigenvalue weighted by Crippen LogP contribution is 2.35. The monoisotopic (exact) mass is 634 g/mol. The number of H-pyrrole nitrogens is 1. The quantitative estimate of drug-likeness (QED) is 0.310. The summed E-state index contributed by atoms with van der Waals surface area (Å²) in [4.78, 5) is 40.5. The summed E-state index contributed by atoms with van der Waals surface area (Å²) in [5.74, 6) is 0.684. The van der Waals surface area contributed by atoms with Crippen LogP contribution in [0.3, 0.4) is 0 Å². The largest absolute Gasteiger partial charge is 0.457 e. The number of carbonyl (C=O) groups is 2. The average Bonchev–Trinajstić information content (AvgIpc) is 3.47. The van der Waals surface area contributed by atoms with Crippen molar-refractivity contribution in [3.05, 3.63) is 88.2 Å². The van der Waals surface area contributed by atoms with E-state index in [0.717, 1.165) is 43.4 Å². The van der Waals surface area contributed by atoms with Gasteiger partial charge in [0.1, 0.15) is 22.8 Å². The number of alkyl halides is 3. The molecule has 0 bridgehead atoms. The van der Waals surface area contributed by atoms with Crippen LogP contribution in [0, 0.1) is 0 Å². The molecule has 12 heteroatoms. The van der Waals surface area contributed by atoms with Gasteiger partial charge in [0, 0.05) is 66.1 Å². The van der Waals surface area contributed by atoms with Gasteiger partial charge in [0.15, 0.2) is 0 Å². The van der Waals surface area contributed by atoms with Crippen molar-refractivity contribution in [1.29, 1.82) is 0 Å². The number of hydrogen-bond acceptors (Lipinski definition) is 6. The standard InChI is InChI=1S/C34H37F3N6O3/c1-40(2)33(45)29-19-27-30(8-10-38-32(27)39-29)46-26-7-6-23-9-11-43(21-25(23)18-26)31(44)17-22-4-5-24(28(16-22)34(35,36)37)20-42-14-12-41(3)13-15-42/h4-8,10,16,18-19H,9,11-15,17,20-21H2,1-3H3,(H,38,39). The van der Waals surface area contributed by atoms with Gasteiger partial charge in [-0.25, -0.2) is 4.98 Å². The number of benzene rings is 2. The number of likely N-dealkylation sites (N-methyl/N-ethyl adjacent to an activating group) is 1. The number of nitrogens with zero attached hydrogens (tertiary/aromatic N) is 5. The molecule has 1 fully saturated rings. The zero-order valence-electron chi connectivity index (χ0n) is 26.2. The van der Waals surface area contributed by atoms with Gasteiger partial charge >= 0.3 is 6.18 Å². The first-order valence-corrected chi connectivity index (χ1v) is 15.3. The fourth-order valence-corrected chi connectivity index (χ4v) is 6.05. The summed E-state index contributed by atoms with van der Waals surface area (Å²) < 4.78 is 48.5. The molecule has 0 aliphatic carbocycles. The van der Waals surface area contributed by atoms with Crippen LogP contribution < -0.4 is 4.74 Å². The highest BCUT2D eigenvalue weighted by Gasteiger charge is 2.34. The second kappa shape index (κ2) is 12.8. The van der Waals surface area contributed by atoms with Gasteiger partial charge < -0.3 is 24.4 Å². The van der Waals surface area contributed by atoms with Crippen LogP contribution in [-0.4, -0.2) is 95.2 Å². The number of aromatic amines is 1. The lowest BCUT2D eigenvalue weighted by atomic mass is 9.97. The highest BCUT2D eigenvalue weighted by atomic mass is 19.4.